The molecule has 0 spiro atoms. The van der Waals surface area contributed by atoms with Gasteiger partial charge < -0.3 is 5.11 Å². The molecular formula is C11H14BrFN2O4S. The van der Waals surface area contributed by atoms with Gasteiger partial charge in [0.1, 0.15) is 5.82 Å². The topological polar surface area (TPSA) is 86.7 Å². The lowest BCUT2D eigenvalue weighted by Gasteiger charge is -2.17. The molecule has 1 rings (SSSR count). The van der Waals surface area contributed by atoms with Crippen molar-refractivity contribution in [3.05, 3.63) is 34.1 Å². The second-order valence-electron chi connectivity index (χ2n) is 4.03. The normalized spacial score (nSPS) is 11.8. The molecule has 0 aromatic heterocycles. The third-order valence-corrected chi connectivity index (χ3v) is 4.51. The summed E-state index contributed by atoms with van der Waals surface area (Å²) in [7, 11) is -2.59. The molecule has 0 bridgehead atoms. The largest absolute Gasteiger partial charge is 0.481 e. The monoisotopic (exact) mass is 368 g/mol. The second-order valence-corrected chi connectivity index (χ2v) is 6.80. The Kier molecular flexibility index (Phi) is 6.06. The van der Waals surface area contributed by atoms with Crippen molar-refractivity contribution in [2.24, 2.45) is 0 Å². The van der Waals surface area contributed by atoms with E-state index in [1.54, 1.807) is 0 Å². The van der Waals surface area contributed by atoms with E-state index >= 15 is 0 Å². The van der Waals surface area contributed by atoms with Crippen LogP contribution in [0.25, 0.3) is 0 Å². The van der Waals surface area contributed by atoms with Gasteiger partial charge >= 0.3 is 5.97 Å². The van der Waals surface area contributed by atoms with Gasteiger partial charge in [-0.25, -0.2) is 4.39 Å². The number of halogens is 2. The zero-order chi connectivity index (χ0) is 15.3. The van der Waals surface area contributed by atoms with E-state index in [0.29, 0.717) is 4.47 Å². The Morgan fingerprint density at radius 1 is 1.50 bits per heavy atom. The second kappa shape index (κ2) is 7.11. The highest BCUT2D eigenvalue weighted by Gasteiger charge is 2.18. The first kappa shape index (κ1) is 17.0. The first-order valence-electron chi connectivity index (χ1n) is 5.59. The molecule has 6 nitrogen and oxygen atoms in total. The molecule has 0 saturated carbocycles. The summed E-state index contributed by atoms with van der Waals surface area (Å²) in [5.41, 5.74) is 0.189. The molecule has 0 radical (unpaired) electrons. The first-order valence-corrected chi connectivity index (χ1v) is 7.82. The Bertz CT molecular complexity index is 594. The summed E-state index contributed by atoms with van der Waals surface area (Å²) in [5, 5.41) is 8.51. The van der Waals surface area contributed by atoms with Crippen molar-refractivity contribution < 1.29 is 22.7 Å². The van der Waals surface area contributed by atoms with E-state index in [0.717, 1.165) is 4.31 Å². The Labute approximate surface area is 124 Å². The summed E-state index contributed by atoms with van der Waals surface area (Å²) in [6.07, 6.45) is -0.303. The number of hydrogen-bond acceptors (Lipinski definition) is 3. The number of carboxylic acids is 1. The number of aliphatic carboxylic acids is 1. The molecule has 1 aromatic carbocycles. The van der Waals surface area contributed by atoms with Gasteiger partial charge in [-0.3, -0.25) is 4.79 Å². The minimum atomic E-state index is -3.85. The molecular weight excluding hydrogens is 355 g/mol. The number of hydrogen-bond donors (Lipinski definition) is 2. The van der Waals surface area contributed by atoms with Crippen molar-refractivity contribution in [1.82, 2.24) is 9.03 Å². The van der Waals surface area contributed by atoms with E-state index in [1.165, 1.54) is 25.2 Å². The fourth-order valence-electron chi connectivity index (χ4n) is 1.33. The number of nitrogens with zero attached hydrogens (tertiary/aromatic N) is 1. The molecule has 0 heterocycles. The Hall–Kier alpha value is -1.03. The van der Waals surface area contributed by atoms with Crippen molar-refractivity contribution in [1.29, 1.82) is 0 Å². The van der Waals surface area contributed by atoms with E-state index in [1.807, 2.05) is 0 Å². The van der Waals surface area contributed by atoms with Crippen molar-refractivity contribution in [3.8, 4) is 0 Å². The Balaban J connectivity index is 2.67. The van der Waals surface area contributed by atoms with E-state index in [4.69, 9.17) is 5.11 Å². The van der Waals surface area contributed by atoms with Crippen LogP contribution in [-0.2, 0) is 21.5 Å². The maximum Gasteiger partial charge on any atom is 0.304 e. The van der Waals surface area contributed by atoms with Gasteiger partial charge in [0.2, 0.25) is 0 Å². The molecule has 2 N–H and O–H groups in total. The van der Waals surface area contributed by atoms with E-state index in [9.17, 15) is 17.6 Å². The van der Waals surface area contributed by atoms with E-state index in [-0.39, 0.29) is 25.1 Å². The summed E-state index contributed by atoms with van der Waals surface area (Å²) < 4.78 is 40.8. The highest BCUT2D eigenvalue weighted by atomic mass is 79.9. The standard InChI is InChI=1S/C11H14BrFN2O4S/c1-15(5-4-11(16)17)20(18,19)14-7-8-6-9(12)2-3-10(8)13/h2-3,6,14H,4-5,7H2,1H3,(H,16,17). The van der Waals surface area contributed by atoms with Crippen LogP contribution in [-0.4, -0.2) is 37.4 Å². The molecule has 0 amide bonds. The molecule has 0 unspecified atom stereocenters. The van der Waals surface area contributed by atoms with Gasteiger partial charge in [0.05, 0.1) is 6.42 Å². The number of benzene rings is 1. The van der Waals surface area contributed by atoms with Crippen LogP contribution in [0.2, 0.25) is 0 Å². The van der Waals surface area contributed by atoms with E-state index < -0.39 is 22.0 Å². The lowest BCUT2D eigenvalue weighted by molar-refractivity contribution is -0.137. The summed E-state index contributed by atoms with van der Waals surface area (Å²) in [6, 6.07) is 4.20. The SMILES string of the molecule is CN(CCC(=O)O)S(=O)(=O)NCc1cc(Br)ccc1F. The van der Waals surface area contributed by atoms with Gasteiger partial charge in [0, 0.05) is 30.2 Å². The third-order valence-electron chi connectivity index (χ3n) is 2.50. The van der Waals surface area contributed by atoms with Crippen molar-refractivity contribution in [3.63, 3.8) is 0 Å². The van der Waals surface area contributed by atoms with Crippen molar-refractivity contribution >= 4 is 32.1 Å². The van der Waals surface area contributed by atoms with Crippen LogP contribution in [0, 0.1) is 5.82 Å². The van der Waals surface area contributed by atoms with Crippen LogP contribution in [0.3, 0.4) is 0 Å². The van der Waals surface area contributed by atoms with Gasteiger partial charge in [-0.15, -0.1) is 0 Å². The number of carboxylic acid groups (broad SMARTS) is 1. The third kappa shape index (κ3) is 5.16. The zero-order valence-corrected chi connectivity index (χ0v) is 13.0. The predicted molar refractivity (Wildman–Crippen MR) is 74.7 cm³/mol. The average molecular weight is 369 g/mol. The highest BCUT2D eigenvalue weighted by molar-refractivity contribution is 9.10. The molecule has 0 aliphatic rings. The molecule has 0 saturated heterocycles. The Morgan fingerprint density at radius 2 is 2.15 bits per heavy atom. The maximum atomic E-state index is 13.5. The highest BCUT2D eigenvalue weighted by Crippen LogP contribution is 2.15. The molecule has 0 aliphatic carbocycles. The average Bonchev–Trinajstić information content (AvgIpc) is 2.37. The van der Waals surface area contributed by atoms with Gasteiger partial charge in [0.25, 0.3) is 10.2 Å². The lowest BCUT2D eigenvalue weighted by atomic mass is 10.2. The molecule has 9 heteroatoms. The van der Waals surface area contributed by atoms with Crippen LogP contribution in [0.15, 0.2) is 22.7 Å². The maximum absolute atomic E-state index is 13.5. The van der Waals surface area contributed by atoms with Crippen molar-refractivity contribution in [2.75, 3.05) is 13.6 Å². The quantitative estimate of drug-likeness (QED) is 0.759. The van der Waals surface area contributed by atoms with Crippen LogP contribution in [0.1, 0.15) is 12.0 Å². The van der Waals surface area contributed by atoms with E-state index in [2.05, 4.69) is 20.7 Å². The van der Waals surface area contributed by atoms with Crippen molar-refractivity contribution in [2.45, 2.75) is 13.0 Å². The van der Waals surface area contributed by atoms with Gasteiger partial charge in [0.15, 0.2) is 0 Å². The van der Waals surface area contributed by atoms with Gasteiger partial charge in [-0.05, 0) is 18.2 Å². The lowest BCUT2D eigenvalue weighted by Crippen LogP contribution is -2.39. The summed E-state index contributed by atoms with van der Waals surface area (Å²) in [6.45, 7) is -0.378. The molecule has 20 heavy (non-hydrogen) atoms. The first-order chi connectivity index (χ1) is 9.22. The molecule has 0 fully saturated rings. The summed E-state index contributed by atoms with van der Waals surface area (Å²) in [5.74, 6) is -1.62. The Morgan fingerprint density at radius 3 is 2.75 bits per heavy atom. The van der Waals surface area contributed by atoms with Crippen LogP contribution in [0.5, 0.6) is 0 Å². The zero-order valence-electron chi connectivity index (χ0n) is 10.6. The molecule has 0 atom stereocenters. The van der Waals surface area contributed by atoms with Crippen LogP contribution in [0.4, 0.5) is 4.39 Å². The minimum Gasteiger partial charge on any atom is -0.481 e. The number of carbonyl (C=O) groups is 1. The van der Waals surface area contributed by atoms with Gasteiger partial charge in [-0.1, -0.05) is 15.9 Å². The summed E-state index contributed by atoms with van der Waals surface area (Å²) in [4.78, 5) is 10.4. The smallest absolute Gasteiger partial charge is 0.304 e. The number of nitrogens with one attached hydrogen (secondary N) is 1. The minimum absolute atomic E-state index is 0.161. The van der Waals surface area contributed by atoms with Gasteiger partial charge in [-0.2, -0.15) is 17.4 Å². The predicted octanol–water partition coefficient (Wildman–Crippen LogP) is 1.33. The fraction of sp³-hybridized carbons (Fsp3) is 0.364. The molecule has 1 aromatic rings. The molecule has 112 valence electrons. The number of rotatable bonds is 7. The fourth-order valence-corrected chi connectivity index (χ4v) is 2.63. The van der Waals surface area contributed by atoms with Crippen LogP contribution < -0.4 is 4.72 Å². The molecule has 0 aliphatic heterocycles. The summed E-state index contributed by atoms with van der Waals surface area (Å²) >= 11 is 3.17. The van der Waals surface area contributed by atoms with Crippen LogP contribution >= 0.6 is 15.9 Å².